The standard InChI is InChI=1S/C31H32ClNO5/c1-7-38-24-14-12-19(16-22(24)31(3,4)5)28(34)26-27(21-11-9-8-10-18(21)2)33(30(36)29(26)35)20-13-15-25(37-6)23(32)17-20/h8-17,27,34H,7H2,1-6H3/b28-26+. The fourth-order valence-electron chi connectivity index (χ4n) is 4.79. The highest BCUT2D eigenvalue weighted by molar-refractivity contribution is 6.52. The summed E-state index contributed by atoms with van der Waals surface area (Å²) in [5, 5.41) is 11.9. The van der Waals surface area contributed by atoms with Crippen molar-refractivity contribution in [2.45, 2.75) is 46.1 Å². The third kappa shape index (κ3) is 4.88. The van der Waals surface area contributed by atoms with E-state index in [1.54, 1.807) is 30.3 Å². The average Bonchev–Trinajstić information content (AvgIpc) is 3.13. The van der Waals surface area contributed by atoms with Crippen LogP contribution in [0.5, 0.6) is 11.5 Å². The number of ether oxygens (including phenoxy) is 2. The number of ketones is 1. The summed E-state index contributed by atoms with van der Waals surface area (Å²) < 4.78 is 11.1. The molecule has 3 aromatic carbocycles. The van der Waals surface area contributed by atoms with Gasteiger partial charge in [0, 0.05) is 16.8 Å². The molecule has 1 fully saturated rings. The second kappa shape index (κ2) is 10.5. The lowest BCUT2D eigenvalue weighted by atomic mass is 9.84. The third-order valence-electron chi connectivity index (χ3n) is 6.70. The zero-order valence-corrected chi connectivity index (χ0v) is 23.2. The van der Waals surface area contributed by atoms with Crippen molar-refractivity contribution in [3.05, 3.63) is 93.5 Å². The number of carbonyl (C=O) groups excluding carboxylic acids is 2. The number of methoxy groups -OCH3 is 1. The lowest BCUT2D eigenvalue weighted by Crippen LogP contribution is -2.29. The molecule has 1 amide bonds. The van der Waals surface area contributed by atoms with Crippen LogP contribution in [0.15, 0.2) is 66.2 Å². The Morgan fingerprint density at radius 3 is 2.32 bits per heavy atom. The van der Waals surface area contributed by atoms with Crippen molar-refractivity contribution in [2.75, 3.05) is 18.6 Å². The molecule has 1 atom stereocenters. The number of amides is 1. The predicted octanol–water partition coefficient (Wildman–Crippen LogP) is 6.98. The maximum atomic E-state index is 13.6. The Hall–Kier alpha value is -3.77. The SMILES string of the molecule is CCOc1ccc(/C(O)=C2\C(=O)C(=O)N(c3ccc(OC)c(Cl)c3)C2c2ccccc2C)cc1C(C)(C)C. The monoisotopic (exact) mass is 533 g/mol. The number of carbonyl (C=O) groups is 2. The van der Waals surface area contributed by atoms with Gasteiger partial charge in [-0.3, -0.25) is 14.5 Å². The van der Waals surface area contributed by atoms with E-state index in [0.717, 1.165) is 16.7 Å². The number of halogens is 1. The number of hydrogen-bond acceptors (Lipinski definition) is 5. The fraction of sp³-hybridized carbons (Fsp3) is 0.290. The minimum atomic E-state index is -0.856. The molecule has 1 aliphatic heterocycles. The Labute approximate surface area is 228 Å². The Balaban J connectivity index is 1.97. The maximum absolute atomic E-state index is 13.6. The van der Waals surface area contributed by atoms with Crippen LogP contribution in [0, 0.1) is 6.92 Å². The van der Waals surface area contributed by atoms with Crippen molar-refractivity contribution in [1.29, 1.82) is 0 Å². The smallest absolute Gasteiger partial charge is 0.300 e. The molecule has 0 bridgehead atoms. The summed E-state index contributed by atoms with van der Waals surface area (Å²) in [6.45, 7) is 10.5. The minimum Gasteiger partial charge on any atom is -0.507 e. The molecule has 198 valence electrons. The van der Waals surface area contributed by atoms with Gasteiger partial charge in [0.25, 0.3) is 11.7 Å². The van der Waals surface area contributed by atoms with Gasteiger partial charge in [-0.25, -0.2) is 0 Å². The van der Waals surface area contributed by atoms with Crippen LogP contribution in [0.4, 0.5) is 5.69 Å². The number of aryl methyl sites for hydroxylation is 1. The first-order valence-electron chi connectivity index (χ1n) is 12.5. The second-order valence-electron chi connectivity index (χ2n) is 10.2. The number of hydrogen-bond donors (Lipinski definition) is 1. The van der Waals surface area contributed by atoms with E-state index in [-0.39, 0.29) is 16.7 Å². The van der Waals surface area contributed by atoms with Crippen LogP contribution in [0.3, 0.4) is 0 Å². The molecule has 0 saturated carbocycles. The van der Waals surface area contributed by atoms with Gasteiger partial charge in [-0.1, -0.05) is 56.6 Å². The normalized spacial score (nSPS) is 17.1. The van der Waals surface area contributed by atoms with Gasteiger partial charge >= 0.3 is 0 Å². The highest BCUT2D eigenvalue weighted by Crippen LogP contribution is 2.45. The number of aliphatic hydroxyl groups is 1. The lowest BCUT2D eigenvalue weighted by Gasteiger charge is -2.27. The van der Waals surface area contributed by atoms with Gasteiger partial charge in [0.05, 0.1) is 30.4 Å². The van der Waals surface area contributed by atoms with Crippen LogP contribution in [0.1, 0.15) is 56.0 Å². The summed E-state index contributed by atoms with van der Waals surface area (Å²) in [5.74, 6) is -0.604. The van der Waals surface area contributed by atoms with E-state index in [9.17, 15) is 14.7 Å². The van der Waals surface area contributed by atoms with Crippen LogP contribution in [0.25, 0.3) is 5.76 Å². The number of benzene rings is 3. The van der Waals surface area contributed by atoms with Crippen LogP contribution in [-0.4, -0.2) is 30.5 Å². The molecule has 0 radical (unpaired) electrons. The van der Waals surface area contributed by atoms with Crippen LogP contribution in [0.2, 0.25) is 5.02 Å². The first kappa shape index (κ1) is 27.3. The van der Waals surface area contributed by atoms with E-state index in [1.165, 1.54) is 12.0 Å². The molecular weight excluding hydrogens is 502 g/mol. The van der Waals surface area contributed by atoms with E-state index >= 15 is 0 Å². The minimum absolute atomic E-state index is 0.0141. The lowest BCUT2D eigenvalue weighted by molar-refractivity contribution is -0.132. The van der Waals surface area contributed by atoms with Crippen molar-refractivity contribution >= 4 is 34.7 Å². The van der Waals surface area contributed by atoms with Crippen molar-refractivity contribution in [1.82, 2.24) is 0 Å². The van der Waals surface area contributed by atoms with Gasteiger partial charge in [0.2, 0.25) is 0 Å². The van der Waals surface area contributed by atoms with Crippen molar-refractivity contribution in [3.8, 4) is 11.5 Å². The molecule has 1 heterocycles. The zero-order chi connectivity index (χ0) is 27.8. The summed E-state index contributed by atoms with van der Waals surface area (Å²) in [6.07, 6.45) is 0. The highest BCUT2D eigenvalue weighted by Gasteiger charge is 2.47. The molecule has 1 unspecified atom stereocenters. The van der Waals surface area contributed by atoms with Crippen LogP contribution >= 0.6 is 11.6 Å². The first-order chi connectivity index (χ1) is 18.0. The van der Waals surface area contributed by atoms with Crippen molar-refractivity contribution in [2.24, 2.45) is 0 Å². The molecule has 1 saturated heterocycles. The molecule has 0 aromatic heterocycles. The Bertz CT molecular complexity index is 1440. The zero-order valence-electron chi connectivity index (χ0n) is 22.5. The van der Waals surface area contributed by atoms with Gasteiger partial charge in [0.15, 0.2) is 0 Å². The number of nitrogens with zero attached hydrogens (tertiary/aromatic N) is 1. The second-order valence-corrected chi connectivity index (χ2v) is 10.6. The van der Waals surface area contributed by atoms with E-state index in [0.29, 0.717) is 34.4 Å². The molecule has 6 nitrogen and oxygen atoms in total. The first-order valence-corrected chi connectivity index (χ1v) is 12.8. The average molecular weight is 534 g/mol. The summed E-state index contributed by atoms with van der Waals surface area (Å²) in [4.78, 5) is 28.5. The molecule has 4 rings (SSSR count). The van der Waals surface area contributed by atoms with Crippen molar-refractivity contribution in [3.63, 3.8) is 0 Å². The largest absolute Gasteiger partial charge is 0.507 e. The molecule has 7 heteroatoms. The van der Waals surface area contributed by atoms with Gasteiger partial charge in [-0.05, 0) is 66.8 Å². The Morgan fingerprint density at radius 2 is 1.71 bits per heavy atom. The van der Waals surface area contributed by atoms with E-state index in [2.05, 4.69) is 0 Å². The molecule has 3 aromatic rings. The van der Waals surface area contributed by atoms with E-state index in [1.807, 2.05) is 65.0 Å². The summed E-state index contributed by atoms with van der Waals surface area (Å²) in [6, 6.07) is 16.9. The quantitative estimate of drug-likeness (QED) is 0.210. The predicted molar refractivity (Wildman–Crippen MR) is 150 cm³/mol. The summed E-state index contributed by atoms with van der Waals surface area (Å²) >= 11 is 6.39. The number of anilines is 1. The van der Waals surface area contributed by atoms with Gasteiger partial charge in [-0.15, -0.1) is 0 Å². The fourth-order valence-corrected chi connectivity index (χ4v) is 5.04. The number of Topliss-reactive ketones (excluding diaryl/α,β-unsaturated/α-hetero) is 1. The van der Waals surface area contributed by atoms with Crippen LogP contribution in [-0.2, 0) is 15.0 Å². The Kier molecular flexibility index (Phi) is 7.56. The van der Waals surface area contributed by atoms with Crippen molar-refractivity contribution < 1.29 is 24.2 Å². The van der Waals surface area contributed by atoms with E-state index in [4.69, 9.17) is 21.1 Å². The Morgan fingerprint density at radius 1 is 1.03 bits per heavy atom. The topological polar surface area (TPSA) is 76.1 Å². The third-order valence-corrected chi connectivity index (χ3v) is 7.00. The summed E-state index contributed by atoms with van der Waals surface area (Å²) in [7, 11) is 1.50. The molecule has 0 aliphatic carbocycles. The van der Waals surface area contributed by atoms with Gasteiger partial charge < -0.3 is 14.6 Å². The van der Waals surface area contributed by atoms with Crippen LogP contribution < -0.4 is 14.4 Å². The van der Waals surface area contributed by atoms with Gasteiger partial charge in [0.1, 0.15) is 17.3 Å². The van der Waals surface area contributed by atoms with E-state index < -0.39 is 17.7 Å². The molecular formula is C31H32ClNO5. The molecule has 1 aliphatic rings. The summed E-state index contributed by atoms with van der Waals surface area (Å²) in [5.41, 5.74) is 3.06. The number of rotatable bonds is 6. The maximum Gasteiger partial charge on any atom is 0.300 e. The highest BCUT2D eigenvalue weighted by atomic mass is 35.5. The molecule has 0 spiro atoms. The number of aliphatic hydroxyl groups excluding tert-OH is 1. The molecule has 38 heavy (non-hydrogen) atoms. The molecule has 1 N–H and O–H groups in total. The van der Waals surface area contributed by atoms with Gasteiger partial charge in [-0.2, -0.15) is 0 Å².